The summed E-state index contributed by atoms with van der Waals surface area (Å²) >= 11 is 0. The van der Waals surface area contributed by atoms with E-state index in [1.54, 1.807) is 12.1 Å². The molecule has 0 spiro atoms. The van der Waals surface area contributed by atoms with Gasteiger partial charge in [0.15, 0.2) is 0 Å². The molecule has 0 aliphatic carbocycles. The Kier molecular flexibility index (Phi) is 5.32. The molecule has 1 saturated heterocycles. The first-order valence-electron chi connectivity index (χ1n) is 7.50. The number of hydrogen-bond donors (Lipinski definition) is 3. The largest absolute Gasteiger partial charge is 0.377 e. The molecule has 1 heterocycles. The number of nitrogens with one attached hydrogen (secondary N) is 3. The lowest BCUT2D eigenvalue weighted by Crippen LogP contribution is -2.38. The zero-order chi connectivity index (χ0) is 16.1. The number of piperidine rings is 1. The maximum Gasteiger partial charge on any atom is 0.293 e. The van der Waals surface area contributed by atoms with Crippen molar-refractivity contribution in [3.8, 4) is 0 Å². The number of rotatable bonds is 5. The SMILES string of the molecule is CNC(=O)c1ccc(NC(C)C2CCCNC2)c([N+](=O)[O-])c1. The van der Waals surface area contributed by atoms with Crippen LogP contribution in [0.5, 0.6) is 0 Å². The summed E-state index contributed by atoms with van der Waals surface area (Å²) in [5.41, 5.74) is 0.666. The summed E-state index contributed by atoms with van der Waals surface area (Å²) in [6.45, 7) is 3.98. The number of amides is 1. The molecule has 0 radical (unpaired) electrons. The first-order valence-corrected chi connectivity index (χ1v) is 7.50. The highest BCUT2D eigenvalue weighted by atomic mass is 16.6. The average Bonchev–Trinajstić information content (AvgIpc) is 2.55. The molecular formula is C15H22N4O3. The van der Waals surface area contributed by atoms with Gasteiger partial charge in [-0.15, -0.1) is 0 Å². The van der Waals surface area contributed by atoms with Gasteiger partial charge in [0, 0.05) is 24.7 Å². The molecule has 1 aromatic rings. The Bertz CT molecular complexity index is 556. The monoisotopic (exact) mass is 306 g/mol. The Morgan fingerprint density at radius 3 is 2.86 bits per heavy atom. The van der Waals surface area contributed by atoms with E-state index in [1.165, 1.54) is 13.1 Å². The maximum atomic E-state index is 11.6. The van der Waals surface area contributed by atoms with Gasteiger partial charge in [-0.3, -0.25) is 14.9 Å². The van der Waals surface area contributed by atoms with E-state index >= 15 is 0 Å². The van der Waals surface area contributed by atoms with Crippen molar-refractivity contribution in [2.75, 3.05) is 25.5 Å². The van der Waals surface area contributed by atoms with Crippen LogP contribution in [0.4, 0.5) is 11.4 Å². The standard InChI is InChI=1S/C15H22N4O3/c1-10(12-4-3-7-17-9-12)18-13-6-5-11(15(20)16-2)8-14(13)19(21)22/h5-6,8,10,12,17-18H,3-4,7,9H2,1-2H3,(H,16,20). The molecule has 3 N–H and O–H groups in total. The fourth-order valence-electron chi connectivity index (χ4n) is 2.76. The van der Waals surface area contributed by atoms with Crippen LogP contribution in [0.3, 0.4) is 0 Å². The van der Waals surface area contributed by atoms with Crippen LogP contribution in [-0.2, 0) is 0 Å². The van der Waals surface area contributed by atoms with Crippen molar-refractivity contribution in [1.29, 1.82) is 0 Å². The molecule has 0 saturated carbocycles. The molecule has 7 nitrogen and oxygen atoms in total. The number of anilines is 1. The highest BCUT2D eigenvalue weighted by Gasteiger charge is 2.23. The summed E-state index contributed by atoms with van der Waals surface area (Å²) in [6, 6.07) is 4.64. The van der Waals surface area contributed by atoms with E-state index in [9.17, 15) is 14.9 Å². The lowest BCUT2D eigenvalue weighted by molar-refractivity contribution is -0.384. The lowest BCUT2D eigenvalue weighted by atomic mass is 9.92. The highest BCUT2D eigenvalue weighted by Crippen LogP contribution is 2.28. The second-order valence-corrected chi connectivity index (χ2v) is 5.61. The minimum absolute atomic E-state index is 0.0725. The van der Waals surface area contributed by atoms with E-state index in [2.05, 4.69) is 16.0 Å². The molecule has 2 rings (SSSR count). The highest BCUT2D eigenvalue weighted by molar-refractivity contribution is 5.95. The molecule has 2 unspecified atom stereocenters. The van der Waals surface area contributed by atoms with Crippen molar-refractivity contribution in [2.24, 2.45) is 5.92 Å². The molecule has 22 heavy (non-hydrogen) atoms. The summed E-state index contributed by atoms with van der Waals surface area (Å²) in [6.07, 6.45) is 2.22. The van der Waals surface area contributed by atoms with Crippen molar-refractivity contribution >= 4 is 17.3 Å². The van der Waals surface area contributed by atoms with Gasteiger partial charge in [-0.1, -0.05) is 0 Å². The molecule has 1 aliphatic rings. The number of nitrogens with zero attached hydrogens (tertiary/aromatic N) is 1. The van der Waals surface area contributed by atoms with Gasteiger partial charge >= 0.3 is 0 Å². The molecule has 120 valence electrons. The van der Waals surface area contributed by atoms with Crippen molar-refractivity contribution in [2.45, 2.75) is 25.8 Å². The number of carbonyl (C=O) groups excluding carboxylic acids is 1. The minimum Gasteiger partial charge on any atom is -0.377 e. The molecule has 1 aliphatic heterocycles. The van der Waals surface area contributed by atoms with Crippen LogP contribution in [0.15, 0.2) is 18.2 Å². The van der Waals surface area contributed by atoms with E-state index in [4.69, 9.17) is 0 Å². The fraction of sp³-hybridized carbons (Fsp3) is 0.533. The van der Waals surface area contributed by atoms with Gasteiger partial charge in [0.2, 0.25) is 0 Å². The molecule has 1 aromatic carbocycles. The van der Waals surface area contributed by atoms with Gasteiger partial charge in [0.1, 0.15) is 5.69 Å². The van der Waals surface area contributed by atoms with Gasteiger partial charge in [0.05, 0.1) is 4.92 Å². The van der Waals surface area contributed by atoms with Crippen LogP contribution < -0.4 is 16.0 Å². The first kappa shape index (κ1) is 16.2. The number of hydrogen-bond acceptors (Lipinski definition) is 5. The van der Waals surface area contributed by atoms with Crippen LogP contribution in [0.2, 0.25) is 0 Å². The van der Waals surface area contributed by atoms with Crippen molar-refractivity contribution in [1.82, 2.24) is 10.6 Å². The van der Waals surface area contributed by atoms with Crippen molar-refractivity contribution in [3.63, 3.8) is 0 Å². The fourth-order valence-corrected chi connectivity index (χ4v) is 2.76. The molecule has 7 heteroatoms. The van der Waals surface area contributed by atoms with E-state index in [-0.39, 0.29) is 23.2 Å². The third-order valence-corrected chi connectivity index (χ3v) is 4.11. The molecule has 1 amide bonds. The van der Waals surface area contributed by atoms with E-state index in [0.29, 0.717) is 11.6 Å². The predicted molar refractivity (Wildman–Crippen MR) is 85.2 cm³/mol. The Balaban J connectivity index is 2.18. The zero-order valence-electron chi connectivity index (χ0n) is 12.9. The zero-order valence-corrected chi connectivity index (χ0v) is 12.9. The van der Waals surface area contributed by atoms with Gasteiger partial charge in [0.25, 0.3) is 11.6 Å². The quantitative estimate of drug-likeness (QED) is 0.569. The second kappa shape index (κ2) is 7.22. The number of nitro benzene ring substituents is 1. The topological polar surface area (TPSA) is 96.3 Å². The number of carbonyl (C=O) groups is 1. The van der Waals surface area contributed by atoms with Crippen LogP contribution in [-0.4, -0.2) is 37.0 Å². The second-order valence-electron chi connectivity index (χ2n) is 5.61. The smallest absolute Gasteiger partial charge is 0.293 e. The van der Waals surface area contributed by atoms with Gasteiger partial charge in [-0.25, -0.2) is 0 Å². The van der Waals surface area contributed by atoms with Crippen LogP contribution >= 0.6 is 0 Å². The third-order valence-electron chi connectivity index (χ3n) is 4.11. The first-order chi connectivity index (χ1) is 10.5. The van der Waals surface area contributed by atoms with Crippen LogP contribution in [0, 0.1) is 16.0 Å². The van der Waals surface area contributed by atoms with Gasteiger partial charge < -0.3 is 16.0 Å². The normalized spacial score (nSPS) is 19.3. The van der Waals surface area contributed by atoms with E-state index < -0.39 is 4.92 Å². The van der Waals surface area contributed by atoms with Crippen molar-refractivity contribution < 1.29 is 9.72 Å². The average molecular weight is 306 g/mol. The molecular weight excluding hydrogens is 284 g/mol. The molecule has 0 aromatic heterocycles. The predicted octanol–water partition coefficient (Wildman–Crippen LogP) is 1.75. The van der Waals surface area contributed by atoms with Crippen LogP contribution in [0.1, 0.15) is 30.1 Å². The summed E-state index contributed by atoms with van der Waals surface area (Å²) in [4.78, 5) is 22.4. The van der Waals surface area contributed by atoms with Gasteiger partial charge in [-0.2, -0.15) is 0 Å². The summed E-state index contributed by atoms with van der Waals surface area (Å²) < 4.78 is 0. The lowest BCUT2D eigenvalue weighted by Gasteiger charge is -2.29. The van der Waals surface area contributed by atoms with E-state index in [0.717, 1.165) is 25.9 Å². The Morgan fingerprint density at radius 1 is 1.50 bits per heavy atom. The summed E-state index contributed by atoms with van der Waals surface area (Å²) in [5, 5.41) is 20.3. The molecule has 1 fully saturated rings. The summed E-state index contributed by atoms with van der Waals surface area (Å²) in [7, 11) is 1.50. The molecule has 0 bridgehead atoms. The Hall–Kier alpha value is -2.15. The van der Waals surface area contributed by atoms with Crippen LogP contribution in [0.25, 0.3) is 0 Å². The minimum atomic E-state index is -0.458. The number of benzene rings is 1. The van der Waals surface area contributed by atoms with Crippen molar-refractivity contribution in [3.05, 3.63) is 33.9 Å². The number of nitro groups is 1. The van der Waals surface area contributed by atoms with E-state index in [1.807, 2.05) is 6.92 Å². The molecule has 2 atom stereocenters. The van der Waals surface area contributed by atoms with Gasteiger partial charge in [-0.05, 0) is 50.9 Å². The summed E-state index contributed by atoms with van der Waals surface area (Å²) in [5.74, 6) is 0.103. The Morgan fingerprint density at radius 2 is 2.27 bits per heavy atom. The maximum absolute atomic E-state index is 11.6. The third kappa shape index (κ3) is 3.73. The Labute approximate surface area is 129 Å².